The smallest absolute Gasteiger partial charge is 0.284 e. The highest BCUT2D eigenvalue weighted by atomic mass is 19.3. The molecule has 0 amide bonds. The Hall–Kier alpha value is -1.64. The summed E-state index contributed by atoms with van der Waals surface area (Å²) in [5, 5.41) is 0. The van der Waals surface area contributed by atoms with Crippen LogP contribution in [-0.2, 0) is 6.54 Å². The minimum atomic E-state index is -5.23. The van der Waals surface area contributed by atoms with Gasteiger partial charge >= 0.3 is 23.7 Å². The maximum Gasteiger partial charge on any atom is 0.325 e. The molecule has 3 fully saturated rings. The zero-order valence-electron chi connectivity index (χ0n) is 12.9. The Kier molecular flexibility index (Phi) is 2.51. The summed E-state index contributed by atoms with van der Waals surface area (Å²) in [6.07, 6.45) is 1.89. The van der Waals surface area contributed by atoms with Crippen molar-refractivity contribution in [1.82, 2.24) is 4.90 Å². The van der Waals surface area contributed by atoms with E-state index in [-0.39, 0.29) is 6.54 Å². The number of rotatable bonds is 2. The van der Waals surface area contributed by atoms with Crippen molar-refractivity contribution in [3.63, 3.8) is 0 Å². The first-order chi connectivity index (χ1) is 11.9. The molecule has 26 heavy (non-hydrogen) atoms. The second kappa shape index (κ2) is 3.95. The van der Waals surface area contributed by atoms with Gasteiger partial charge in [-0.2, -0.15) is 35.1 Å². The summed E-state index contributed by atoms with van der Waals surface area (Å²) in [4.78, 5) is 0.930. The molecule has 2 unspecified atom stereocenters. The average Bonchev–Trinajstić information content (AvgIpc) is 3.05. The zero-order valence-corrected chi connectivity index (χ0v) is 12.9. The molecule has 4 aliphatic rings. The van der Waals surface area contributed by atoms with Crippen LogP contribution in [0.1, 0.15) is 5.56 Å². The van der Waals surface area contributed by atoms with Crippen molar-refractivity contribution in [2.75, 3.05) is 0 Å². The Morgan fingerprint density at radius 1 is 0.654 bits per heavy atom. The third-order valence-electron chi connectivity index (χ3n) is 6.68. The van der Waals surface area contributed by atoms with Crippen molar-refractivity contribution in [2.24, 2.45) is 10.8 Å². The molecule has 1 saturated heterocycles. The standard InChI is InChI=1S/C17H11F8N/c18-14(19)12-10-6-7-11(26(10)8-9-4-2-1-3-5-9)13(12,16(14,22)23)17(24,25)15(12,20)21/h1-7,10-11H,8H2. The maximum absolute atomic E-state index is 14.3. The van der Waals surface area contributed by atoms with Gasteiger partial charge in [0, 0.05) is 18.6 Å². The van der Waals surface area contributed by atoms with E-state index >= 15 is 0 Å². The zero-order chi connectivity index (χ0) is 19.0. The Bertz CT molecular complexity index is 754. The summed E-state index contributed by atoms with van der Waals surface area (Å²) >= 11 is 0. The number of nitrogens with zero attached hydrogens (tertiary/aromatic N) is 1. The van der Waals surface area contributed by atoms with Crippen LogP contribution >= 0.6 is 0 Å². The fourth-order valence-electron chi connectivity index (χ4n) is 5.84. The highest BCUT2D eigenvalue weighted by Gasteiger charge is 3.20. The van der Waals surface area contributed by atoms with Crippen molar-refractivity contribution in [3.8, 4) is 0 Å². The molecule has 1 nitrogen and oxygen atoms in total. The van der Waals surface area contributed by atoms with Gasteiger partial charge in [0.2, 0.25) is 0 Å². The summed E-state index contributed by atoms with van der Waals surface area (Å²) in [6, 6.07) is 4.14. The van der Waals surface area contributed by atoms with E-state index in [0.29, 0.717) is 5.56 Å². The Labute approximate surface area is 142 Å². The SMILES string of the molecule is FC1(F)C(F)(F)C23C4C=CC(N4Cc4ccccc4)C12C(F)(F)C3(F)F. The van der Waals surface area contributed by atoms with E-state index in [0.717, 1.165) is 17.1 Å². The molecular formula is C17H11F8N. The normalized spacial score (nSPS) is 44.8. The number of fused-ring (bicyclic) bond motifs is 2. The van der Waals surface area contributed by atoms with Gasteiger partial charge in [-0.1, -0.05) is 42.5 Å². The molecule has 140 valence electrons. The first kappa shape index (κ1) is 16.5. The van der Waals surface area contributed by atoms with E-state index in [1.54, 1.807) is 30.3 Å². The van der Waals surface area contributed by atoms with Crippen LogP contribution < -0.4 is 0 Å². The summed E-state index contributed by atoms with van der Waals surface area (Å²) in [7, 11) is 0. The van der Waals surface area contributed by atoms with Crippen molar-refractivity contribution in [3.05, 3.63) is 48.0 Å². The van der Waals surface area contributed by atoms with Gasteiger partial charge in [-0.05, 0) is 5.56 Å². The van der Waals surface area contributed by atoms with E-state index in [1.807, 2.05) is 0 Å². The molecule has 5 rings (SSSR count). The lowest BCUT2D eigenvalue weighted by Gasteiger charge is -2.78. The highest BCUT2D eigenvalue weighted by molar-refractivity contribution is 5.57. The summed E-state index contributed by atoms with van der Waals surface area (Å²) in [6.45, 7) is -0.259. The van der Waals surface area contributed by atoms with Crippen LogP contribution in [0.3, 0.4) is 0 Å². The van der Waals surface area contributed by atoms with E-state index in [1.165, 1.54) is 0 Å². The second-order valence-corrected chi connectivity index (χ2v) is 7.35. The minimum absolute atomic E-state index is 0.259. The van der Waals surface area contributed by atoms with Gasteiger partial charge in [-0.25, -0.2) is 0 Å². The lowest BCUT2D eigenvalue weighted by atomic mass is 9.27. The van der Waals surface area contributed by atoms with Crippen molar-refractivity contribution >= 4 is 0 Å². The number of alkyl halides is 8. The van der Waals surface area contributed by atoms with Crippen LogP contribution in [-0.4, -0.2) is 40.7 Å². The molecule has 2 heterocycles. The van der Waals surface area contributed by atoms with E-state index in [9.17, 15) is 35.1 Å². The van der Waals surface area contributed by atoms with Gasteiger partial charge in [0.15, 0.2) is 0 Å². The minimum Gasteiger partial charge on any atom is -0.284 e. The van der Waals surface area contributed by atoms with E-state index in [4.69, 9.17) is 0 Å². The number of hydrogen-bond acceptors (Lipinski definition) is 1. The van der Waals surface area contributed by atoms with Crippen molar-refractivity contribution in [1.29, 1.82) is 0 Å². The van der Waals surface area contributed by atoms with Gasteiger partial charge in [0.1, 0.15) is 10.8 Å². The van der Waals surface area contributed by atoms with Crippen LogP contribution in [0.15, 0.2) is 42.5 Å². The predicted octanol–water partition coefficient (Wildman–Crippen LogP) is 4.35. The van der Waals surface area contributed by atoms with Gasteiger partial charge in [0.25, 0.3) is 0 Å². The molecule has 9 heteroatoms. The van der Waals surface area contributed by atoms with Crippen molar-refractivity contribution in [2.45, 2.75) is 42.3 Å². The van der Waals surface area contributed by atoms with Crippen LogP contribution in [0.25, 0.3) is 0 Å². The van der Waals surface area contributed by atoms with Gasteiger partial charge in [-0.15, -0.1) is 0 Å². The molecule has 0 aromatic heterocycles. The topological polar surface area (TPSA) is 3.24 Å². The third kappa shape index (κ3) is 1.05. The lowest BCUT2D eigenvalue weighted by Crippen LogP contribution is -3.02. The van der Waals surface area contributed by atoms with E-state index in [2.05, 4.69) is 0 Å². The molecule has 2 saturated carbocycles. The molecule has 1 aromatic carbocycles. The first-order valence-electron chi connectivity index (χ1n) is 7.94. The third-order valence-corrected chi connectivity index (χ3v) is 6.68. The molecular weight excluding hydrogens is 370 g/mol. The molecule has 2 aliphatic carbocycles. The van der Waals surface area contributed by atoms with Crippen LogP contribution in [0.2, 0.25) is 0 Å². The first-order valence-corrected chi connectivity index (χ1v) is 7.94. The predicted molar refractivity (Wildman–Crippen MR) is 73.4 cm³/mol. The fourth-order valence-corrected chi connectivity index (χ4v) is 5.84. The number of halogens is 8. The molecule has 0 radical (unpaired) electrons. The monoisotopic (exact) mass is 381 g/mol. The fraction of sp³-hybridized carbons (Fsp3) is 0.529. The molecule has 0 N–H and O–H groups in total. The Morgan fingerprint density at radius 2 is 1.04 bits per heavy atom. The quantitative estimate of drug-likeness (QED) is 0.544. The molecule has 1 aromatic rings. The van der Waals surface area contributed by atoms with Crippen LogP contribution in [0, 0.1) is 10.8 Å². The molecule has 2 bridgehead atoms. The molecule has 2 aliphatic heterocycles. The van der Waals surface area contributed by atoms with Gasteiger partial charge in [0.05, 0.1) is 0 Å². The number of benzene rings is 1. The molecule has 0 spiro atoms. The highest BCUT2D eigenvalue weighted by Crippen LogP contribution is 2.97. The molecule has 2 atom stereocenters. The lowest BCUT2D eigenvalue weighted by molar-refractivity contribution is -0.604. The van der Waals surface area contributed by atoms with Gasteiger partial charge in [-0.3, -0.25) is 4.90 Å². The Balaban J connectivity index is 1.71. The average molecular weight is 381 g/mol. The largest absolute Gasteiger partial charge is 0.325 e. The van der Waals surface area contributed by atoms with Crippen LogP contribution in [0.4, 0.5) is 35.1 Å². The summed E-state index contributed by atoms with van der Waals surface area (Å²) < 4.78 is 115. The number of hydrogen-bond donors (Lipinski definition) is 0. The van der Waals surface area contributed by atoms with Gasteiger partial charge < -0.3 is 0 Å². The second-order valence-electron chi connectivity index (χ2n) is 7.35. The summed E-state index contributed by atoms with van der Waals surface area (Å²) in [5.74, 6) is -20.9. The van der Waals surface area contributed by atoms with Crippen LogP contribution in [0.5, 0.6) is 0 Å². The maximum atomic E-state index is 14.3. The van der Waals surface area contributed by atoms with E-state index < -0.39 is 46.6 Å². The van der Waals surface area contributed by atoms with Crippen molar-refractivity contribution < 1.29 is 35.1 Å². The Morgan fingerprint density at radius 3 is 1.42 bits per heavy atom. The summed E-state index contributed by atoms with van der Waals surface area (Å²) in [5.41, 5.74) is -7.12.